The Balaban J connectivity index is 2.03. The minimum absolute atomic E-state index is 0.639. The van der Waals surface area contributed by atoms with Gasteiger partial charge in [-0.2, -0.15) is 5.26 Å². The van der Waals surface area contributed by atoms with Gasteiger partial charge in [0.25, 0.3) is 0 Å². The fraction of sp³-hybridized carbons (Fsp3) is 0.217. The third kappa shape index (κ3) is 2.84. The van der Waals surface area contributed by atoms with E-state index >= 15 is 0 Å². The topological polar surface area (TPSA) is 62.4 Å². The number of anilines is 2. The summed E-state index contributed by atoms with van der Waals surface area (Å²) < 4.78 is 7.35. The van der Waals surface area contributed by atoms with Crippen LogP contribution in [-0.2, 0) is 6.42 Å². The third-order valence-electron chi connectivity index (χ3n) is 5.09. The minimum Gasteiger partial charge on any atom is -0.497 e. The van der Waals surface area contributed by atoms with Crippen LogP contribution in [0.2, 0.25) is 0 Å². The highest BCUT2D eigenvalue weighted by Crippen LogP contribution is 2.33. The number of para-hydroxylation sites is 2. The summed E-state index contributed by atoms with van der Waals surface area (Å²) in [4.78, 5) is 4.76. The van der Waals surface area contributed by atoms with E-state index in [-0.39, 0.29) is 0 Å². The average Bonchev–Trinajstić information content (AvgIpc) is 3.10. The standard InChI is InChI=1S/C23H22N4O/c1-4-7-18-15(2)19(14-24)23-26-20-8-5-6-9-21(20)27(23)22(18)25-16-10-12-17(28-3)13-11-16/h5-6,8-13,25H,4,7H2,1-3H3. The Morgan fingerprint density at radius 2 is 1.89 bits per heavy atom. The van der Waals surface area contributed by atoms with Gasteiger partial charge < -0.3 is 10.1 Å². The maximum Gasteiger partial charge on any atom is 0.157 e. The van der Waals surface area contributed by atoms with Crippen molar-refractivity contribution in [2.24, 2.45) is 0 Å². The number of hydrogen-bond acceptors (Lipinski definition) is 4. The Kier molecular flexibility index (Phi) is 4.62. The first-order chi connectivity index (χ1) is 13.7. The summed E-state index contributed by atoms with van der Waals surface area (Å²) >= 11 is 0. The molecule has 0 unspecified atom stereocenters. The van der Waals surface area contributed by atoms with E-state index in [1.165, 1.54) is 0 Å². The number of fused-ring (bicyclic) bond motifs is 3. The van der Waals surface area contributed by atoms with Crippen LogP contribution in [-0.4, -0.2) is 16.5 Å². The van der Waals surface area contributed by atoms with Crippen molar-refractivity contribution in [3.8, 4) is 11.8 Å². The van der Waals surface area contributed by atoms with Crippen LogP contribution < -0.4 is 10.1 Å². The summed E-state index contributed by atoms with van der Waals surface area (Å²) in [6.45, 7) is 4.17. The number of nitrogens with zero attached hydrogens (tertiary/aromatic N) is 3. The molecule has 4 aromatic rings. The van der Waals surface area contributed by atoms with E-state index in [1.54, 1.807) is 7.11 Å². The van der Waals surface area contributed by atoms with Gasteiger partial charge in [-0.15, -0.1) is 0 Å². The fourth-order valence-corrected chi connectivity index (χ4v) is 3.68. The molecule has 28 heavy (non-hydrogen) atoms. The minimum atomic E-state index is 0.639. The number of nitriles is 1. The normalized spacial score (nSPS) is 10.9. The van der Waals surface area contributed by atoms with Crippen LogP contribution in [0.3, 0.4) is 0 Å². The second-order valence-electron chi connectivity index (χ2n) is 6.80. The molecule has 5 heteroatoms. The molecular weight excluding hydrogens is 348 g/mol. The SMILES string of the molecule is CCCc1c(C)c(C#N)c2nc3ccccc3n2c1Nc1ccc(OC)cc1. The maximum atomic E-state index is 9.83. The lowest BCUT2D eigenvalue weighted by atomic mass is 10.0. The van der Waals surface area contributed by atoms with Crippen molar-refractivity contribution in [3.63, 3.8) is 0 Å². The Bertz CT molecular complexity index is 1200. The number of benzene rings is 2. The van der Waals surface area contributed by atoms with Crippen molar-refractivity contribution in [3.05, 3.63) is 65.2 Å². The Morgan fingerprint density at radius 1 is 1.14 bits per heavy atom. The van der Waals surface area contributed by atoms with Crippen LogP contribution in [0.15, 0.2) is 48.5 Å². The van der Waals surface area contributed by atoms with Crippen LogP contribution >= 0.6 is 0 Å². The van der Waals surface area contributed by atoms with Crippen molar-refractivity contribution in [2.45, 2.75) is 26.7 Å². The first kappa shape index (κ1) is 17.9. The van der Waals surface area contributed by atoms with E-state index in [9.17, 15) is 5.26 Å². The van der Waals surface area contributed by atoms with Gasteiger partial charge in [0, 0.05) is 5.69 Å². The molecule has 0 saturated carbocycles. The van der Waals surface area contributed by atoms with Crippen molar-refractivity contribution in [1.29, 1.82) is 5.26 Å². The van der Waals surface area contributed by atoms with Crippen LogP contribution in [0.1, 0.15) is 30.0 Å². The largest absolute Gasteiger partial charge is 0.497 e. The van der Waals surface area contributed by atoms with Crippen molar-refractivity contribution in [1.82, 2.24) is 9.38 Å². The molecule has 0 fully saturated rings. The van der Waals surface area contributed by atoms with Gasteiger partial charge in [-0.25, -0.2) is 4.98 Å². The number of methoxy groups -OCH3 is 1. The second kappa shape index (κ2) is 7.24. The Labute approximate surface area is 164 Å². The van der Waals surface area contributed by atoms with Crippen molar-refractivity contribution >= 4 is 28.2 Å². The number of pyridine rings is 1. The number of imidazole rings is 1. The molecule has 0 saturated heterocycles. The van der Waals surface area contributed by atoms with Gasteiger partial charge >= 0.3 is 0 Å². The molecule has 140 valence electrons. The molecule has 0 radical (unpaired) electrons. The summed E-state index contributed by atoms with van der Waals surface area (Å²) in [5, 5.41) is 13.4. The quantitative estimate of drug-likeness (QED) is 0.513. The smallest absolute Gasteiger partial charge is 0.157 e. The zero-order valence-electron chi connectivity index (χ0n) is 16.3. The fourth-order valence-electron chi connectivity index (χ4n) is 3.68. The van der Waals surface area contributed by atoms with E-state index in [1.807, 2.05) is 55.5 Å². The summed E-state index contributed by atoms with van der Waals surface area (Å²) in [5.41, 5.74) is 6.29. The highest BCUT2D eigenvalue weighted by atomic mass is 16.5. The molecule has 0 aliphatic carbocycles. The van der Waals surface area contributed by atoms with Gasteiger partial charge in [-0.1, -0.05) is 25.5 Å². The molecule has 0 spiro atoms. The van der Waals surface area contributed by atoms with E-state index in [2.05, 4.69) is 22.7 Å². The molecule has 0 bridgehead atoms. The molecule has 2 heterocycles. The molecular formula is C23H22N4O. The predicted molar refractivity (Wildman–Crippen MR) is 112 cm³/mol. The average molecular weight is 370 g/mol. The third-order valence-corrected chi connectivity index (χ3v) is 5.09. The van der Waals surface area contributed by atoms with Crippen LogP contribution in [0.25, 0.3) is 16.7 Å². The van der Waals surface area contributed by atoms with Crippen LogP contribution in [0, 0.1) is 18.3 Å². The summed E-state index contributed by atoms with van der Waals surface area (Å²) in [6, 6.07) is 18.2. The van der Waals surface area contributed by atoms with Gasteiger partial charge in [0.05, 0.1) is 23.7 Å². The van der Waals surface area contributed by atoms with Gasteiger partial charge in [0.1, 0.15) is 17.6 Å². The maximum absolute atomic E-state index is 9.83. The van der Waals surface area contributed by atoms with Gasteiger partial charge in [0.15, 0.2) is 5.65 Å². The van der Waals surface area contributed by atoms with E-state index in [0.29, 0.717) is 11.2 Å². The predicted octanol–water partition coefficient (Wildman–Crippen LogP) is 5.37. The van der Waals surface area contributed by atoms with E-state index in [0.717, 1.165) is 52.3 Å². The number of rotatable bonds is 5. The van der Waals surface area contributed by atoms with Crippen LogP contribution in [0.4, 0.5) is 11.5 Å². The molecule has 1 N–H and O–H groups in total. The summed E-state index contributed by atoms with van der Waals surface area (Å²) in [5.74, 6) is 1.78. The lowest BCUT2D eigenvalue weighted by Gasteiger charge is -2.18. The first-order valence-electron chi connectivity index (χ1n) is 9.41. The first-order valence-corrected chi connectivity index (χ1v) is 9.41. The highest BCUT2D eigenvalue weighted by molar-refractivity contribution is 5.87. The van der Waals surface area contributed by atoms with Gasteiger partial charge in [-0.3, -0.25) is 4.40 Å². The van der Waals surface area contributed by atoms with Crippen molar-refractivity contribution in [2.75, 3.05) is 12.4 Å². The van der Waals surface area contributed by atoms with Crippen LogP contribution in [0.5, 0.6) is 5.75 Å². The lowest BCUT2D eigenvalue weighted by Crippen LogP contribution is -2.08. The molecule has 5 nitrogen and oxygen atoms in total. The number of ether oxygens (including phenoxy) is 1. The Hall–Kier alpha value is -3.52. The van der Waals surface area contributed by atoms with Gasteiger partial charge in [-0.05, 0) is 60.9 Å². The zero-order valence-corrected chi connectivity index (χ0v) is 16.3. The zero-order chi connectivity index (χ0) is 19.7. The molecule has 0 atom stereocenters. The summed E-state index contributed by atoms with van der Waals surface area (Å²) in [6.07, 6.45) is 1.86. The summed E-state index contributed by atoms with van der Waals surface area (Å²) in [7, 11) is 1.66. The Morgan fingerprint density at radius 3 is 2.57 bits per heavy atom. The molecule has 0 aliphatic rings. The molecule has 2 aromatic heterocycles. The highest BCUT2D eigenvalue weighted by Gasteiger charge is 2.20. The molecule has 4 rings (SSSR count). The second-order valence-corrected chi connectivity index (χ2v) is 6.80. The molecule has 0 aliphatic heterocycles. The van der Waals surface area contributed by atoms with Crippen molar-refractivity contribution < 1.29 is 4.74 Å². The number of nitrogens with one attached hydrogen (secondary N) is 1. The van der Waals surface area contributed by atoms with Gasteiger partial charge in [0.2, 0.25) is 0 Å². The van der Waals surface area contributed by atoms with E-state index in [4.69, 9.17) is 9.72 Å². The van der Waals surface area contributed by atoms with E-state index < -0.39 is 0 Å². The molecule has 0 amide bonds. The number of aromatic nitrogens is 2. The molecule has 2 aromatic carbocycles. The lowest BCUT2D eigenvalue weighted by molar-refractivity contribution is 0.415. The number of hydrogen-bond donors (Lipinski definition) is 1. The monoisotopic (exact) mass is 370 g/mol.